The highest BCUT2D eigenvalue weighted by molar-refractivity contribution is 9.09. The lowest BCUT2D eigenvalue weighted by Gasteiger charge is -2.32. The summed E-state index contributed by atoms with van der Waals surface area (Å²) in [4.78, 5) is 0. The Bertz CT molecular complexity index is 1220. The van der Waals surface area contributed by atoms with Gasteiger partial charge in [-0.05, 0) is 70.2 Å². The molecule has 0 nitrogen and oxygen atoms in total. The fraction of sp³-hybridized carbons (Fsp3) is 0.342. The van der Waals surface area contributed by atoms with Crippen LogP contribution in [0.2, 0.25) is 0 Å². The van der Waals surface area contributed by atoms with Crippen LogP contribution in [0, 0.1) is 6.92 Å². The predicted molar refractivity (Wildman–Crippen MR) is 175 cm³/mol. The molecule has 0 fully saturated rings. The number of halogens is 1. The van der Waals surface area contributed by atoms with Gasteiger partial charge >= 0.3 is 0 Å². The van der Waals surface area contributed by atoms with Crippen molar-refractivity contribution >= 4 is 15.9 Å². The van der Waals surface area contributed by atoms with Crippen LogP contribution in [0.3, 0.4) is 0 Å². The molecule has 1 heteroatoms. The zero-order valence-electron chi connectivity index (χ0n) is 23.9. The number of hydrogen-bond donors (Lipinski definition) is 0. The van der Waals surface area contributed by atoms with E-state index in [-0.39, 0.29) is 5.41 Å². The van der Waals surface area contributed by atoms with Crippen LogP contribution in [0.1, 0.15) is 87.5 Å². The molecular formula is C38H44Br+. The zero-order valence-corrected chi connectivity index (χ0v) is 25.5. The van der Waals surface area contributed by atoms with Crippen LogP contribution in [0.15, 0.2) is 97.1 Å². The van der Waals surface area contributed by atoms with Crippen molar-refractivity contribution in [3.63, 3.8) is 0 Å². The molecular weight excluding hydrogens is 536 g/mol. The number of fused-ring (bicyclic) bond motifs is 6. The van der Waals surface area contributed by atoms with Crippen LogP contribution in [0.25, 0.3) is 22.3 Å². The van der Waals surface area contributed by atoms with E-state index in [0.717, 1.165) is 18.2 Å². The maximum atomic E-state index is 3.65. The summed E-state index contributed by atoms with van der Waals surface area (Å²) in [6.07, 6.45) is 11.1. The van der Waals surface area contributed by atoms with Crippen LogP contribution >= 0.6 is 15.9 Å². The Kier molecular flexibility index (Phi) is 10.9. The molecule has 0 bridgehead atoms. The molecule has 0 radical (unpaired) electrons. The van der Waals surface area contributed by atoms with E-state index in [1.54, 1.807) is 11.1 Å². The lowest BCUT2D eigenvalue weighted by atomic mass is 9.71. The fourth-order valence-corrected chi connectivity index (χ4v) is 6.61. The number of hydrogen-bond acceptors (Lipinski definition) is 0. The molecule has 39 heavy (non-hydrogen) atoms. The molecule has 0 atom stereocenters. The van der Waals surface area contributed by atoms with E-state index in [0.29, 0.717) is 0 Å². The van der Waals surface area contributed by atoms with Gasteiger partial charge < -0.3 is 0 Å². The van der Waals surface area contributed by atoms with Crippen molar-refractivity contribution in [3.8, 4) is 22.3 Å². The van der Waals surface area contributed by atoms with Crippen molar-refractivity contribution in [2.24, 2.45) is 0 Å². The van der Waals surface area contributed by atoms with Gasteiger partial charge in [0.2, 0.25) is 0 Å². The van der Waals surface area contributed by atoms with Crippen LogP contribution in [-0.4, -0.2) is 5.33 Å². The molecule has 0 heterocycles. The minimum atomic E-state index is 0.263. The molecule has 0 N–H and O–H groups in total. The van der Waals surface area contributed by atoms with Gasteiger partial charge in [0.15, 0.2) is 0 Å². The van der Waals surface area contributed by atoms with E-state index < -0.39 is 0 Å². The molecule has 0 saturated carbocycles. The largest absolute Gasteiger partial charge is 0.0926 e. The minimum Gasteiger partial charge on any atom is -0.0926 e. The summed E-state index contributed by atoms with van der Waals surface area (Å²) in [6, 6.07) is 35.5. The monoisotopic (exact) mass is 579 g/mol. The van der Waals surface area contributed by atoms with E-state index in [4.69, 9.17) is 0 Å². The van der Waals surface area contributed by atoms with Crippen LogP contribution in [0.5, 0.6) is 0 Å². The van der Waals surface area contributed by atoms with Gasteiger partial charge in [-0.15, -0.1) is 0 Å². The molecule has 0 spiro atoms. The standard InChI is InChI=1S/C21H26.C13H10.C4H8Br/c1-3-5-15-21(16-6-4-2)19-13-9-7-11-17(19)18-12-8-10-14-20(18)21;1-3-7-12-10(5-1)9-11-6-2-4-8-13(11)12;1-2-3-4-5/h7-14H,3-6,15-16H2,1-2H3;1-8H,9H2;1-4H2/q;;+1. The molecule has 0 aromatic heterocycles. The number of benzene rings is 4. The van der Waals surface area contributed by atoms with E-state index >= 15 is 0 Å². The quantitative estimate of drug-likeness (QED) is 0.126. The predicted octanol–water partition coefficient (Wildman–Crippen LogP) is 11.6. The zero-order chi connectivity index (χ0) is 27.5. The highest BCUT2D eigenvalue weighted by atomic mass is 79.9. The summed E-state index contributed by atoms with van der Waals surface area (Å²) < 4.78 is 0. The van der Waals surface area contributed by atoms with Crippen molar-refractivity contribution < 1.29 is 0 Å². The molecule has 202 valence electrons. The second-order valence-corrected chi connectivity index (χ2v) is 11.6. The van der Waals surface area contributed by atoms with Crippen LogP contribution in [0.4, 0.5) is 0 Å². The van der Waals surface area contributed by atoms with Crippen molar-refractivity contribution in [1.82, 2.24) is 0 Å². The normalized spacial score (nSPS) is 13.1. The SMILES string of the molecule is CCCCC1(CCCC)c2ccccc2-c2ccccc21.[CH2+]CCCBr.c1ccc2c(c1)Cc1ccccc1-2. The summed E-state index contributed by atoms with van der Waals surface area (Å²) in [5, 5.41) is 1.09. The summed E-state index contributed by atoms with van der Waals surface area (Å²) in [6.45, 7) is 8.26. The van der Waals surface area contributed by atoms with Crippen LogP contribution < -0.4 is 0 Å². The van der Waals surface area contributed by atoms with Gasteiger partial charge in [-0.1, -0.05) is 153 Å². The number of rotatable bonds is 8. The molecule has 4 aromatic rings. The topological polar surface area (TPSA) is 0 Å². The molecule has 2 aliphatic rings. The smallest absolute Gasteiger partial charge is 0.0858 e. The first-order valence-electron chi connectivity index (χ1n) is 14.9. The van der Waals surface area contributed by atoms with E-state index in [1.165, 1.54) is 78.3 Å². The van der Waals surface area contributed by atoms with Crippen molar-refractivity contribution in [2.45, 2.75) is 77.0 Å². The van der Waals surface area contributed by atoms with Crippen LogP contribution in [-0.2, 0) is 11.8 Å². The first-order valence-corrected chi connectivity index (χ1v) is 16.0. The van der Waals surface area contributed by atoms with Gasteiger partial charge in [0.1, 0.15) is 0 Å². The lowest BCUT2D eigenvalue weighted by molar-refractivity contribution is 0.414. The Hall–Kier alpha value is -2.77. The van der Waals surface area contributed by atoms with Gasteiger partial charge in [0.25, 0.3) is 0 Å². The first-order chi connectivity index (χ1) is 19.2. The van der Waals surface area contributed by atoms with Gasteiger partial charge in [-0.2, -0.15) is 0 Å². The maximum Gasteiger partial charge on any atom is 0.0858 e. The molecule has 2 aliphatic carbocycles. The number of alkyl halides is 1. The third-order valence-electron chi connectivity index (χ3n) is 8.18. The minimum absolute atomic E-state index is 0.263. The summed E-state index contributed by atoms with van der Waals surface area (Å²) >= 11 is 3.27. The van der Waals surface area contributed by atoms with Gasteiger partial charge in [-0.3, -0.25) is 0 Å². The molecule has 0 unspecified atom stereocenters. The Balaban J connectivity index is 0.000000166. The van der Waals surface area contributed by atoms with E-state index in [2.05, 4.69) is 134 Å². The average molecular weight is 581 g/mol. The Morgan fingerprint density at radius 2 is 1.00 bits per heavy atom. The Morgan fingerprint density at radius 3 is 1.38 bits per heavy atom. The van der Waals surface area contributed by atoms with E-state index in [9.17, 15) is 0 Å². The third kappa shape index (κ3) is 6.52. The number of unbranched alkanes of at least 4 members (excludes halogenated alkanes) is 3. The highest BCUT2D eigenvalue weighted by Crippen LogP contribution is 2.53. The summed E-state index contributed by atoms with van der Waals surface area (Å²) in [7, 11) is 0. The fourth-order valence-electron chi connectivity index (χ4n) is 6.21. The Morgan fingerprint density at radius 1 is 0.590 bits per heavy atom. The summed E-state index contributed by atoms with van der Waals surface area (Å²) in [5.74, 6) is 0. The second-order valence-electron chi connectivity index (χ2n) is 10.8. The second kappa shape index (κ2) is 14.6. The first kappa shape index (κ1) is 29.2. The molecule has 0 aliphatic heterocycles. The molecule has 4 aromatic carbocycles. The van der Waals surface area contributed by atoms with Gasteiger partial charge in [0, 0.05) is 10.7 Å². The molecule has 6 rings (SSSR count). The van der Waals surface area contributed by atoms with Crippen molar-refractivity contribution in [1.29, 1.82) is 0 Å². The Labute approximate surface area is 246 Å². The van der Waals surface area contributed by atoms with E-state index in [1.807, 2.05) is 0 Å². The van der Waals surface area contributed by atoms with Crippen molar-refractivity contribution in [3.05, 3.63) is 126 Å². The molecule has 0 amide bonds. The lowest BCUT2D eigenvalue weighted by Crippen LogP contribution is -2.25. The maximum absolute atomic E-state index is 3.65. The highest BCUT2D eigenvalue weighted by Gasteiger charge is 2.41. The third-order valence-corrected chi connectivity index (χ3v) is 8.74. The molecule has 0 saturated heterocycles. The summed E-state index contributed by atoms with van der Waals surface area (Å²) in [5.41, 5.74) is 12.1. The van der Waals surface area contributed by atoms with Crippen molar-refractivity contribution in [2.75, 3.05) is 5.33 Å². The average Bonchev–Trinajstić information content (AvgIpc) is 3.50. The van der Waals surface area contributed by atoms with Gasteiger partial charge in [0.05, 0.1) is 13.3 Å². The van der Waals surface area contributed by atoms with Gasteiger partial charge in [-0.25, -0.2) is 0 Å².